The third kappa shape index (κ3) is 2.49. The summed E-state index contributed by atoms with van der Waals surface area (Å²) in [5, 5.41) is 26.3. The van der Waals surface area contributed by atoms with Gasteiger partial charge in [-0.1, -0.05) is 48.5 Å². The molecule has 2 heterocycles. The third-order valence-electron chi connectivity index (χ3n) is 4.69. The van der Waals surface area contributed by atoms with E-state index >= 15 is 0 Å². The van der Waals surface area contributed by atoms with Crippen molar-refractivity contribution in [3.63, 3.8) is 0 Å². The number of rotatable bonds is 2. The lowest BCUT2D eigenvalue weighted by Crippen LogP contribution is -2.23. The predicted octanol–water partition coefficient (Wildman–Crippen LogP) is 5.32. The van der Waals surface area contributed by atoms with E-state index in [9.17, 15) is 10.5 Å². The Bertz CT molecular complexity index is 1140. The van der Waals surface area contributed by atoms with Gasteiger partial charge in [-0.05, 0) is 34.9 Å². The van der Waals surface area contributed by atoms with Crippen LogP contribution >= 0.6 is 11.3 Å². The van der Waals surface area contributed by atoms with Crippen molar-refractivity contribution in [3.8, 4) is 12.1 Å². The van der Waals surface area contributed by atoms with Crippen LogP contribution in [0.3, 0.4) is 0 Å². The first kappa shape index (κ1) is 16.1. The van der Waals surface area contributed by atoms with Crippen molar-refractivity contribution in [2.75, 3.05) is 0 Å². The Balaban J connectivity index is 2.00. The molecule has 1 aliphatic heterocycles. The fourth-order valence-electron chi connectivity index (χ4n) is 3.46. The zero-order valence-corrected chi connectivity index (χ0v) is 15.0. The largest absolute Gasteiger partial charge is 0.357 e. The fraction of sp³-hybridized carbons (Fsp3) is 0.0909. The average molecular weight is 353 g/mol. The molecule has 26 heavy (non-hydrogen) atoms. The number of allylic oxidation sites excluding steroid dienone is 3. The fourth-order valence-corrected chi connectivity index (χ4v) is 4.45. The van der Waals surface area contributed by atoms with Crippen molar-refractivity contribution in [2.24, 2.45) is 0 Å². The number of nitrogens with one attached hydrogen (secondary N) is 1. The molecule has 2 aromatic carbocycles. The Hall–Kier alpha value is -3.34. The summed E-state index contributed by atoms with van der Waals surface area (Å²) in [5.41, 5.74) is 4.74. The van der Waals surface area contributed by atoms with Gasteiger partial charge in [0.25, 0.3) is 0 Å². The molecule has 1 atom stereocenters. The van der Waals surface area contributed by atoms with E-state index in [1.807, 2.05) is 49.4 Å². The quantitative estimate of drug-likeness (QED) is 0.678. The van der Waals surface area contributed by atoms with Crippen molar-refractivity contribution in [2.45, 2.75) is 12.8 Å². The van der Waals surface area contributed by atoms with E-state index < -0.39 is 0 Å². The van der Waals surface area contributed by atoms with Crippen molar-refractivity contribution in [3.05, 3.63) is 87.9 Å². The summed E-state index contributed by atoms with van der Waals surface area (Å²) in [5.74, 6) is -0.349. The van der Waals surface area contributed by atoms with Crippen LogP contribution in [0.25, 0.3) is 15.8 Å². The zero-order valence-electron chi connectivity index (χ0n) is 14.2. The van der Waals surface area contributed by atoms with Gasteiger partial charge in [-0.3, -0.25) is 0 Å². The SMILES string of the molecule is CC1=C(C#N)C(c2csc3ccccc23)C(C#N)=C(c2ccccc2)N1. The van der Waals surface area contributed by atoms with E-state index in [0.717, 1.165) is 32.6 Å². The summed E-state index contributed by atoms with van der Waals surface area (Å²) in [7, 11) is 0. The normalized spacial score (nSPS) is 17.0. The van der Waals surface area contributed by atoms with Gasteiger partial charge < -0.3 is 5.32 Å². The summed E-state index contributed by atoms with van der Waals surface area (Å²) in [6.45, 7) is 1.90. The molecule has 0 radical (unpaired) electrons. The third-order valence-corrected chi connectivity index (χ3v) is 5.67. The van der Waals surface area contributed by atoms with E-state index in [4.69, 9.17) is 0 Å². The Kier molecular flexibility index (Phi) is 4.05. The lowest BCUT2D eigenvalue weighted by Gasteiger charge is -2.27. The van der Waals surface area contributed by atoms with Gasteiger partial charge in [0, 0.05) is 10.4 Å². The molecular weight excluding hydrogens is 338 g/mol. The maximum atomic E-state index is 9.99. The highest BCUT2D eigenvalue weighted by Crippen LogP contribution is 2.44. The number of nitriles is 2. The number of nitrogens with zero attached hydrogens (tertiary/aromatic N) is 2. The molecule has 1 N–H and O–H groups in total. The molecule has 4 rings (SSSR count). The first-order valence-electron chi connectivity index (χ1n) is 8.28. The number of benzene rings is 2. The Labute approximate surface area is 156 Å². The number of fused-ring (bicyclic) bond motifs is 1. The molecule has 0 saturated carbocycles. The van der Waals surface area contributed by atoms with Gasteiger partial charge in [0.15, 0.2) is 0 Å². The van der Waals surface area contributed by atoms with Gasteiger partial charge in [0.05, 0.1) is 34.9 Å². The minimum Gasteiger partial charge on any atom is -0.357 e. The Morgan fingerprint density at radius 1 is 0.923 bits per heavy atom. The first-order chi connectivity index (χ1) is 12.7. The predicted molar refractivity (Wildman–Crippen MR) is 105 cm³/mol. The van der Waals surface area contributed by atoms with Crippen molar-refractivity contribution in [1.82, 2.24) is 5.32 Å². The van der Waals surface area contributed by atoms with Gasteiger partial charge in [0.1, 0.15) is 0 Å². The maximum Gasteiger partial charge on any atom is 0.0979 e. The van der Waals surface area contributed by atoms with Crippen LogP contribution in [0.5, 0.6) is 0 Å². The smallest absolute Gasteiger partial charge is 0.0979 e. The van der Waals surface area contributed by atoms with Crippen molar-refractivity contribution in [1.29, 1.82) is 10.5 Å². The molecule has 1 unspecified atom stereocenters. The van der Waals surface area contributed by atoms with Crippen LogP contribution in [0.15, 0.2) is 76.8 Å². The molecular formula is C22H15N3S. The van der Waals surface area contributed by atoms with Crippen LogP contribution in [-0.2, 0) is 0 Å². The van der Waals surface area contributed by atoms with Crippen LogP contribution in [-0.4, -0.2) is 0 Å². The minimum absolute atomic E-state index is 0.349. The molecule has 4 heteroatoms. The molecule has 3 nitrogen and oxygen atoms in total. The molecule has 1 aromatic heterocycles. The van der Waals surface area contributed by atoms with E-state index in [0.29, 0.717) is 11.1 Å². The summed E-state index contributed by atoms with van der Waals surface area (Å²) in [4.78, 5) is 0. The molecule has 0 saturated heterocycles. The summed E-state index contributed by atoms with van der Waals surface area (Å²) >= 11 is 1.65. The van der Waals surface area contributed by atoms with Crippen LogP contribution < -0.4 is 5.32 Å². The zero-order chi connectivity index (χ0) is 18.1. The van der Waals surface area contributed by atoms with Crippen LogP contribution in [0.1, 0.15) is 24.0 Å². The van der Waals surface area contributed by atoms with Gasteiger partial charge >= 0.3 is 0 Å². The Morgan fingerprint density at radius 2 is 1.62 bits per heavy atom. The second-order valence-electron chi connectivity index (χ2n) is 6.16. The average Bonchev–Trinajstić information content (AvgIpc) is 3.11. The lowest BCUT2D eigenvalue weighted by atomic mass is 9.80. The Morgan fingerprint density at radius 3 is 2.35 bits per heavy atom. The second-order valence-corrected chi connectivity index (χ2v) is 7.07. The number of hydrogen-bond acceptors (Lipinski definition) is 4. The van der Waals surface area contributed by atoms with Gasteiger partial charge in [-0.25, -0.2) is 0 Å². The molecule has 1 aliphatic rings. The van der Waals surface area contributed by atoms with E-state index in [1.54, 1.807) is 11.3 Å². The van der Waals surface area contributed by atoms with Crippen molar-refractivity contribution < 1.29 is 0 Å². The van der Waals surface area contributed by atoms with Crippen molar-refractivity contribution >= 4 is 27.1 Å². The van der Waals surface area contributed by atoms with E-state index in [1.165, 1.54) is 0 Å². The number of hydrogen-bond donors (Lipinski definition) is 1. The molecule has 0 spiro atoms. The topological polar surface area (TPSA) is 59.6 Å². The molecule has 3 aromatic rings. The molecule has 0 aliphatic carbocycles. The van der Waals surface area contributed by atoms with Gasteiger partial charge in [-0.15, -0.1) is 11.3 Å². The molecule has 0 amide bonds. The monoisotopic (exact) mass is 353 g/mol. The molecule has 0 fully saturated rings. The number of dihydropyridines is 1. The molecule has 124 valence electrons. The summed E-state index contributed by atoms with van der Waals surface area (Å²) in [6.07, 6.45) is 0. The standard InChI is InChI=1S/C22H15N3S/c1-14-17(11-23)21(19-13-26-20-10-6-5-9-16(19)20)18(12-24)22(25-14)15-7-3-2-4-8-15/h2-10,13,21,25H,1H3. The molecule has 0 bridgehead atoms. The second kappa shape index (κ2) is 6.52. The van der Waals surface area contributed by atoms with Crippen LogP contribution in [0.2, 0.25) is 0 Å². The maximum absolute atomic E-state index is 9.99. The number of thiophene rings is 1. The highest BCUT2D eigenvalue weighted by Gasteiger charge is 2.32. The van der Waals surface area contributed by atoms with E-state index in [2.05, 4.69) is 35.0 Å². The highest BCUT2D eigenvalue weighted by atomic mass is 32.1. The van der Waals surface area contributed by atoms with Crippen LogP contribution in [0, 0.1) is 22.7 Å². The first-order valence-corrected chi connectivity index (χ1v) is 9.16. The summed E-state index contributed by atoms with van der Waals surface area (Å²) < 4.78 is 1.16. The van der Waals surface area contributed by atoms with Gasteiger partial charge in [0.2, 0.25) is 0 Å². The van der Waals surface area contributed by atoms with Crippen LogP contribution in [0.4, 0.5) is 0 Å². The highest BCUT2D eigenvalue weighted by molar-refractivity contribution is 7.17. The van der Waals surface area contributed by atoms with E-state index in [-0.39, 0.29) is 5.92 Å². The van der Waals surface area contributed by atoms with Gasteiger partial charge in [-0.2, -0.15) is 10.5 Å². The minimum atomic E-state index is -0.349. The lowest BCUT2D eigenvalue weighted by molar-refractivity contribution is 0.887. The summed E-state index contributed by atoms with van der Waals surface area (Å²) in [6, 6.07) is 22.7.